The Kier molecular flexibility index (Phi) is 6.88. The number of hydrogen-bond donors (Lipinski definition) is 2. The highest BCUT2D eigenvalue weighted by atomic mass is 32.1. The molecule has 8 heteroatoms. The molecule has 0 bridgehead atoms. The van der Waals surface area contributed by atoms with Crippen LogP contribution in [0.1, 0.15) is 43.7 Å². The number of carbonyl (C=O) groups excluding carboxylic acids is 1. The summed E-state index contributed by atoms with van der Waals surface area (Å²) in [5.41, 5.74) is 3.99. The molecule has 4 rings (SSSR count). The minimum absolute atomic E-state index is 0.251. The minimum atomic E-state index is -0.355. The normalized spacial score (nSPS) is 11.7. The summed E-state index contributed by atoms with van der Waals surface area (Å²) in [6, 6.07) is 12.6. The first kappa shape index (κ1) is 23.4. The van der Waals surface area contributed by atoms with E-state index in [0.717, 1.165) is 37.9 Å². The maximum atomic E-state index is 12.8. The van der Waals surface area contributed by atoms with Crippen LogP contribution in [0, 0.1) is 20.8 Å². The fraction of sp³-hybridized carbons (Fsp3) is 0.231. The summed E-state index contributed by atoms with van der Waals surface area (Å²) in [5.74, 6) is 2.02. The summed E-state index contributed by atoms with van der Waals surface area (Å²) in [7, 11) is 3.25. The van der Waals surface area contributed by atoms with Gasteiger partial charge >= 0.3 is 0 Å². The molecule has 0 fully saturated rings. The summed E-state index contributed by atoms with van der Waals surface area (Å²) in [5, 5.41) is 7.34. The number of methoxy groups -OCH3 is 2. The van der Waals surface area contributed by atoms with Crippen LogP contribution in [0.2, 0.25) is 0 Å². The highest BCUT2D eigenvalue weighted by Gasteiger charge is 2.28. The Labute approximate surface area is 202 Å². The third-order valence-electron chi connectivity index (χ3n) is 5.65. The van der Waals surface area contributed by atoms with Crippen LogP contribution < -0.4 is 20.1 Å². The fourth-order valence-corrected chi connectivity index (χ4v) is 4.88. The number of nitrogens with zero attached hydrogens (tertiary/aromatic N) is 1. The number of thiophene rings is 1. The van der Waals surface area contributed by atoms with Gasteiger partial charge in [-0.2, -0.15) is 0 Å². The number of carbonyl (C=O) groups is 1. The Morgan fingerprint density at radius 3 is 2.59 bits per heavy atom. The van der Waals surface area contributed by atoms with Crippen molar-refractivity contribution in [3.63, 3.8) is 0 Å². The minimum Gasteiger partial charge on any atom is -0.497 e. The number of benzene rings is 1. The molecule has 0 saturated heterocycles. The molecule has 1 amide bonds. The van der Waals surface area contributed by atoms with E-state index in [1.165, 1.54) is 17.6 Å². The maximum Gasteiger partial charge on any atom is 0.291 e. The highest BCUT2D eigenvalue weighted by molar-refractivity contribution is 7.16. The number of nitrogens with one attached hydrogen (secondary N) is 2. The number of aromatic nitrogens is 1. The summed E-state index contributed by atoms with van der Waals surface area (Å²) in [4.78, 5) is 18.5. The average molecular weight is 478 g/mol. The van der Waals surface area contributed by atoms with Crippen molar-refractivity contribution in [2.75, 3.05) is 24.9 Å². The van der Waals surface area contributed by atoms with Crippen molar-refractivity contribution in [1.82, 2.24) is 4.98 Å². The molecule has 0 radical (unpaired) electrons. The quantitative estimate of drug-likeness (QED) is 0.317. The largest absolute Gasteiger partial charge is 0.497 e. The predicted octanol–water partition coefficient (Wildman–Crippen LogP) is 6.13. The van der Waals surface area contributed by atoms with E-state index >= 15 is 0 Å². The summed E-state index contributed by atoms with van der Waals surface area (Å²) >= 11 is 1.52. The molecule has 3 aromatic heterocycles. The summed E-state index contributed by atoms with van der Waals surface area (Å²) in [6.07, 6.45) is 3.25. The standard InChI is InChI=1S/C26H27N3O4S/c1-15-10-11-27-22(13-15)28-24(19-9-8-18(31-4)14-21(19)32-5)23-16(2)17(3)34-26(23)29-25(30)20-7-6-12-33-20/h6-14,24H,1-5H3,(H,27,28)(H,29,30)/t24-/m1/s1. The van der Waals surface area contributed by atoms with Gasteiger partial charge in [0.25, 0.3) is 5.91 Å². The van der Waals surface area contributed by atoms with Crippen LogP contribution in [0.15, 0.2) is 59.3 Å². The first-order chi connectivity index (χ1) is 16.4. The number of anilines is 2. The van der Waals surface area contributed by atoms with Crippen LogP contribution in [0.5, 0.6) is 11.5 Å². The SMILES string of the molecule is COc1ccc([C@@H](Nc2cc(C)ccn2)c2c(NC(=O)c3ccco3)sc(C)c2C)c(OC)c1. The zero-order valence-electron chi connectivity index (χ0n) is 19.8. The number of ether oxygens (including phenoxy) is 2. The number of amides is 1. The molecule has 2 N–H and O–H groups in total. The maximum absolute atomic E-state index is 12.8. The number of hydrogen-bond acceptors (Lipinski definition) is 7. The van der Waals surface area contributed by atoms with E-state index in [0.29, 0.717) is 11.5 Å². The Hall–Kier alpha value is -3.78. The van der Waals surface area contributed by atoms with Crippen molar-refractivity contribution in [1.29, 1.82) is 0 Å². The molecule has 7 nitrogen and oxygen atoms in total. The van der Waals surface area contributed by atoms with Crippen molar-refractivity contribution in [2.45, 2.75) is 26.8 Å². The molecule has 0 aliphatic carbocycles. The molecular formula is C26H27N3O4S. The van der Waals surface area contributed by atoms with E-state index < -0.39 is 0 Å². The summed E-state index contributed by atoms with van der Waals surface area (Å²) < 4.78 is 16.4. The first-order valence-electron chi connectivity index (χ1n) is 10.8. The van der Waals surface area contributed by atoms with Gasteiger partial charge in [-0.3, -0.25) is 4.79 Å². The Balaban J connectivity index is 1.85. The number of furan rings is 1. The molecule has 1 atom stereocenters. The van der Waals surface area contributed by atoms with E-state index in [1.54, 1.807) is 32.5 Å². The Bertz CT molecular complexity index is 1300. The second-order valence-corrected chi connectivity index (χ2v) is 9.09. The van der Waals surface area contributed by atoms with E-state index in [2.05, 4.69) is 22.5 Å². The lowest BCUT2D eigenvalue weighted by Gasteiger charge is -2.24. The fourth-order valence-electron chi connectivity index (χ4n) is 3.78. The molecule has 0 aliphatic heterocycles. The zero-order valence-corrected chi connectivity index (χ0v) is 20.6. The van der Waals surface area contributed by atoms with Crippen LogP contribution in [-0.2, 0) is 0 Å². The van der Waals surface area contributed by atoms with Crippen LogP contribution in [0.25, 0.3) is 0 Å². The Morgan fingerprint density at radius 1 is 1.09 bits per heavy atom. The van der Waals surface area contributed by atoms with Crippen LogP contribution in [0.4, 0.5) is 10.8 Å². The van der Waals surface area contributed by atoms with Gasteiger partial charge in [0.05, 0.1) is 26.5 Å². The van der Waals surface area contributed by atoms with Gasteiger partial charge in [0, 0.05) is 28.3 Å². The van der Waals surface area contributed by atoms with Gasteiger partial charge in [0.1, 0.15) is 22.3 Å². The monoisotopic (exact) mass is 477 g/mol. The molecular weight excluding hydrogens is 450 g/mol. The van der Waals surface area contributed by atoms with Crippen molar-refractivity contribution in [3.8, 4) is 11.5 Å². The molecule has 0 spiro atoms. The van der Waals surface area contributed by atoms with E-state index in [-0.39, 0.29) is 17.7 Å². The summed E-state index contributed by atoms with van der Waals surface area (Å²) in [6.45, 7) is 6.11. The van der Waals surface area contributed by atoms with Crippen molar-refractivity contribution >= 4 is 28.1 Å². The highest BCUT2D eigenvalue weighted by Crippen LogP contribution is 2.44. The van der Waals surface area contributed by atoms with Gasteiger partial charge in [0.15, 0.2) is 5.76 Å². The Morgan fingerprint density at radius 2 is 1.91 bits per heavy atom. The lowest BCUT2D eigenvalue weighted by molar-refractivity contribution is 0.0997. The number of aryl methyl sites for hydroxylation is 2. The zero-order chi connectivity index (χ0) is 24.2. The second kappa shape index (κ2) is 10.0. The molecule has 0 unspecified atom stereocenters. The lowest BCUT2D eigenvalue weighted by atomic mass is 9.95. The van der Waals surface area contributed by atoms with Crippen molar-refractivity contribution in [2.24, 2.45) is 0 Å². The first-order valence-corrected chi connectivity index (χ1v) is 11.6. The van der Waals surface area contributed by atoms with Crippen molar-refractivity contribution in [3.05, 3.63) is 87.8 Å². The van der Waals surface area contributed by atoms with E-state index in [9.17, 15) is 4.79 Å². The van der Waals surface area contributed by atoms with Gasteiger partial charge in [-0.15, -0.1) is 11.3 Å². The molecule has 3 heterocycles. The molecule has 176 valence electrons. The van der Waals surface area contributed by atoms with Gasteiger partial charge in [0.2, 0.25) is 0 Å². The molecule has 0 aliphatic rings. The van der Waals surface area contributed by atoms with Gasteiger partial charge in [-0.1, -0.05) is 0 Å². The molecule has 4 aromatic rings. The van der Waals surface area contributed by atoms with Crippen LogP contribution >= 0.6 is 11.3 Å². The third-order valence-corrected chi connectivity index (χ3v) is 6.79. The molecule has 1 aromatic carbocycles. The topological polar surface area (TPSA) is 85.6 Å². The third kappa shape index (κ3) is 4.77. The van der Waals surface area contributed by atoms with E-state index in [4.69, 9.17) is 13.9 Å². The average Bonchev–Trinajstić information content (AvgIpc) is 3.46. The van der Waals surface area contributed by atoms with Crippen LogP contribution in [0.3, 0.4) is 0 Å². The smallest absolute Gasteiger partial charge is 0.291 e. The predicted molar refractivity (Wildman–Crippen MR) is 134 cm³/mol. The number of rotatable bonds is 8. The van der Waals surface area contributed by atoms with E-state index in [1.807, 2.05) is 44.2 Å². The lowest BCUT2D eigenvalue weighted by Crippen LogP contribution is -2.18. The molecule has 34 heavy (non-hydrogen) atoms. The number of pyridine rings is 1. The van der Waals surface area contributed by atoms with Crippen LogP contribution in [-0.4, -0.2) is 25.1 Å². The van der Waals surface area contributed by atoms with Crippen molar-refractivity contribution < 1.29 is 18.7 Å². The van der Waals surface area contributed by atoms with Gasteiger partial charge in [-0.05, 0) is 68.3 Å². The second-order valence-electron chi connectivity index (χ2n) is 7.86. The van der Waals surface area contributed by atoms with Gasteiger partial charge in [-0.25, -0.2) is 4.98 Å². The van der Waals surface area contributed by atoms with Gasteiger partial charge < -0.3 is 24.5 Å². The molecule has 0 saturated carbocycles.